The number of benzene rings is 4. The second kappa shape index (κ2) is 16.5. The molecule has 4 aromatic carbocycles. The van der Waals surface area contributed by atoms with Crippen LogP contribution in [0.2, 0.25) is 0 Å². The van der Waals surface area contributed by atoms with Crippen LogP contribution in [-0.4, -0.2) is 84.6 Å². The van der Waals surface area contributed by atoms with Crippen LogP contribution in [0.25, 0.3) is 0 Å². The van der Waals surface area contributed by atoms with Crippen molar-refractivity contribution in [3.05, 3.63) is 118 Å². The van der Waals surface area contributed by atoms with E-state index in [0.717, 1.165) is 68.9 Å². The molecule has 4 aliphatic heterocycles. The summed E-state index contributed by atoms with van der Waals surface area (Å²) in [4.78, 5) is 43.3. The minimum absolute atomic E-state index is 0.0557. The molecule has 4 aliphatic rings. The fourth-order valence-corrected chi connectivity index (χ4v) is 8.70. The smallest absolute Gasteiger partial charge is 0.419 e. The Morgan fingerprint density at radius 3 is 2.41 bits per heavy atom. The van der Waals surface area contributed by atoms with Crippen LogP contribution in [0.5, 0.6) is 17.2 Å². The number of carbonyl (C=O) groups is 3. The minimum Gasteiger partial charge on any atom is -0.508 e. The highest BCUT2D eigenvalue weighted by molar-refractivity contribution is 6.05. The zero-order valence-corrected chi connectivity index (χ0v) is 32.1. The summed E-state index contributed by atoms with van der Waals surface area (Å²) in [6.07, 6.45) is -1.86. The highest BCUT2D eigenvalue weighted by atomic mass is 19.4. The highest BCUT2D eigenvalue weighted by Gasteiger charge is 2.40. The van der Waals surface area contributed by atoms with Crippen LogP contribution < -0.4 is 19.7 Å². The molecular formula is C44H43F5N4O6. The first-order valence-electron chi connectivity index (χ1n) is 19.8. The number of unbranched alkanes of at least 4 members (excludes halogenated alkanes) is 2. The SMILES string of the molecule is O=C1CCC(N2Cc3cc(N4CCN(CCCCCOc5ccc([C@@H]6c7ccc(O)cc7OC[C@@H]6c6ccc(F)c(C(F)(F)F)c6)cc5F)CC4)ccc3C2=O)C(=O)N1. The van der Waals surface area contributed by atoms with E-state index in [2.05, 4.69) is 15.1 Å². The lowest BCUT2D eigenvalue weighted by atomic mass is 9.75. The van der Waals surface area contributed by atoms with Crippen molar-refractivity contribution in [3.63, 3.8) is 0 Å². The fourth-order valence-electron chi connectivity index (χ4n) is 8.70. The zero-order valence-electron chi connectivity index (χ0n) is 32.1. The van der Waals surface area contributed by atoms with Crippen LogP contribution in [0.3, 0.4) is 0 Å². The summed E-state index contributed by atoms with van der Waals surface area (Å²) in [5, 5.41) is 12.4. The first-order valence-corrected chi connectivity index (χ1v) is 19.8. The maximum absolute atomic E-state index is 15.6. The van der Waals surface area contributed by atoms with Crippen molar-refractivity contribution in [1.29, 1.82) is 0 Å². The van der Waals surface area contributed by atoms with Gasteiger partial charge in [-0.25, -0.2) is 8.78 Å². The van der Waals surface area contributed by atoms with Crippen molar-refractivity contribution < 1.29 is 50.9 Å². The van der Waals surface area contributed by atoms with Gasteiger partial charge in [0, 0.05) is 73.9 Å². The number of hydrogen-bond acceptors (Lipinski definition) is 8. The molecule has 310 valence electrons. The van der Waals surface area contributed by atoms with Gasteiger partial charge in [0.15, 0.2) is 11.6 Å². The highest BCUT2D eigenvalue weighted by Crippen LogP contribution is 2.48. The predicted octanol–water partition coefficient (Wildman–Crippen LogP) is 7.13. The number of piperazine rings is 1. The van der Waals surface area contributed by atoms with Gasteiger partial charge in [-0.05, 0) is 97.4 Å². The van der Waals surface area contributed by atoms with Gasteiger partial charge < -0.3 is 24.4 Å². The van der Waals surface area contributed by atoms with Gasteiger partial charge in [-0.15, -0.1) is 0 Å². The molecule has 0 radical (unpaired) electrons. The van der Waals surface area contributed by atoms with Crippen LogP contribution in [0.4, 0.5) is 27.6 Å². The number of ether oxygens (including phenoxy) is 2. The van der Waals surface area contributed by atoms with Gasteiger partial charge in [0.05, 0.1) is 18.8 Å². The maximum atomic E-state index is 15.6. The molecule has 3 atom stereocenters. The van der Waals surface area contributed by atoms with Crippen LogP contribution in [0.1, 0.15) is 82.1 Å². The standard InChI is InChI=1S/C44H43F5N4O6/c45-35-10-4-26(21-34(35)44(47,48)49)33-25-59-39-23-30(54)7-9-32(39)41(33)27-5-12-38(36(46)22-27)58-19-3-1-2-14-51-15-17-52(18-16-51)29-6-8-31-28(20-29)24-53(43(31)57)37-11-13-40(55)50-42(37)56/h4-10,12,20-23,33,37,41,54H,1-3,11,13-19,24-25H2,(H,50,55,56)/t33-,37?,41-/m1/s1. The van der Waals surface area contributed by atoms with Gasteiger partial charge in [0.2, 0.25) is 11.8 Å². The van der Waals surface area contributed by atoms with Gasteiger partial charge in [-0.3, -0.25) is 24.6 Å². The third-order valence-corrected chi connectivity index (χ3v) is 11.8. The number of carbonyl (C=O) groups excluding carboxylic acids is 3. The van der Waals surface area contributed by atoms with Gasteiger partial charge in [0.25, 0.3) is 5.91 Å². The number of fused-ring (bicyclic) bond motifs is 2. The Kier molecular flexibility index (Phi) is 11.2. The molecule has 10 nitrogen and oxygen atoms in total. The number of nitrogens with one attached hydrogen (secondary N) is 1. The summed E-state index contributed by atoms with van der Waals surface area (Å²) in [6, 6.07) is 16.9. The van der Waals surface area contributed by atoms with Crippen LogP contribution >= 0.6 is 0 Å². The van der Waals surface area contributed by atoms with Gasteiger partial charge in [-0.2, -0.15) is 13.2 Å². The van der Waals surface area contributed by atoms with E-state index in [1.807, 2.05) is 18.2 Å². The number of aromatic hydroxyl groups is 1. The lowest BCUT2D eigenvalue weighted by Crippen LogP contribution is -2.52. The molecule has 4 aromatic rings. The second-order valence-corrected chi connectivity index (χ2v) is 15.5. The predicted molar refractivity (Wildman–Crippen MR) is 206 cm³/mol. The van der Waals surface area contributed by atoms with E-state index in [0.29, 0.717) is 48.4 Å². The number of nitrogens with zero attached hydrogens (tertiary/aromatic N) is 3. The molecular weight excluding hydrogens is 775 g/mol. The van der Waals surface area contributed by atoms with E-state index in [1.165, 1.54) is 30.3 Å². The molecule has 59 heavy (non-hydrogen) atoms. The number of anilines is 1. The van der Waals surface area contributed by atoms with E-state index in [4.69, 9.17) is 9.47 Å². The topological polar surface area (TPSA) is 112 Å². The van der Waals surface area contributed by atoms with Crippen molar-refractivity contribution in [3.8, 4) is 17.2 Å². The van der Waals surface area contributed by atoms with Gasteiger partial charge in [-0.1, -0.05) is 18.2 Å². The number of amides is 3. The molecule has 0 aliphatic carbocycles. The van der Waals surface area contributed by atoms with Crippen LogP contribution in [-0.2, 0) is 22.3 Å². The number of hydrogen-bond donors (Lipinski definition) is 2. The number of halogens is 5. The average molecular weight is 819 g/mol. The molecule has 15 heteroatoms. The molecule has 4 heterocycles. The van der Waals surface area contributed by atoms with E-state index in [9.17, 15) is 37.1 Å². The normalized spacial score (nSPS) is 20.9. The molecule has 2 N–H and O–H groups in total. The maximum Gasteiger partial charge on any atom is 0.419 e. The average Bonchev–Trinajstić information content (AvgIpc) is 3.53. The Bertz CT molecular complexity index is 2260. The Balaban J connectivity index is 0.815. The quantitative estimate of drug-likeness (QED) is 0.0936. The number of phenolic OH excluding ortho intramolecular Hbond substituents is 1. The second-order valence-electron chi connectivity index (χ2n) is 15.5. The lowest BCUT2D eigenvalue weighted by molar-refractivity contribution is -0.140. The van der Waals surface area contributed by atoms with E-state index < -0.39 is 47.2 Å². The Labute approximate surface area is 337 Å². The minimum atomic E-state index is -4.90. The monoisotopic (exact) mass is 818 g/mol. The molecule has 3 amide bonds. The first kappa shape index (κ1) is 40.1. The summed E-state index contributed by atoms with van der Waals surface area (Å²) in [7, 11) is 0. The molecule has 0 bridgehead atoms. The van der Waals surface area contributed by atoms with Crippen LogP contribution in [0, 0.1) is 11.6 Å². The first-order chi connectivity index (χ1) is 28.3. The summed E-state index contributed by atoms with van der Waals surface area (Å²) in [5.41, 5.74) is 2.32. The van der Waals surface area contributed by atoms with Crippen molar-refractivity contribution >= 4 is 23.4 Å². The summed E-state index contributed by atoms with van der Waals surface area (Å²) in [6.45, 7) is 4.85. The Morgan fingerprint density at radius 1 is 0.847 bits per heavy atom. The number of imide groups is 1. The molecule has 0 aromatic heterocycles. The molecule has 0 saturated carbocycles. The summed E-state index contributed by atoms with van der Waals surface area (Å²) in [5.74, 6) is -3.99. The molecule has 8 rings (SSSR count). The molecule has 2 saturated heterocycles. The van der Waals surface area contributed by atoms with Gasteiger partial charge in [0.1, 0.15) is 23.4 Å². The molecule has 2 fully saturated rings. The molecule has 0 spiro atoms. The van der Waals surface area contributed by atoms with Crippen LogP contribution in [0.15, 0.2) is 72.8 Å². The van der Waals surface area contributed by atoms with E-state index in [-0.39, 0.29) is 41.9 Å². The largest absolute Gasteiger partial charge is 0.508 e. The lowest BCUT2D eigenvalue weighted by Gasteiger charge is -2.36. The van der Waals surface area contributed by atoms with Crippen molar-refractivity contribution in [2.75, 3.05) is 50.8 Å². The Morgan fingerprint density at radius 2 is 1.64 bits per heavy atom. The number of alkyl halides is 3. The Hall–Kier alpha value is -5.70. The zero-order chi connectivity index (χ0) is 41.4. The molecule has 1 unspecified atom stereocenters. The number of rotatable bonds is 11. The number of piperidine rings is 1. The van der Waals surface area contributed by atoms with Crippen molar-refractivity contribution in [1.82, 2.24) is 15.1 Å². The van der Waals surface area contributed by atoms with Crippen molar-refractivity contribution in [2.24, 2.45) is 0 Å². The number of phenols is 1. The third kappa shape index (κ3) is 8.43. The third-order valence-electron chi connectivity index (χ3n) is 11.8. The summed E-state index contributed by atoms with van der Waals surface area (Å²) >= 11 is 0. The summed E-state index contributed by atoms with van der Waals surface area (Å²) < 4.78 is 82.3. The van der Waals surface area contributed by atoms with E-state index >= 15 is 4.39 Å². The fraction of sp³-hybridized carbons (Fsp3) is 0.386. The van der Waals surface area contributed by atoms with Gasteiger partial charge >= 0.3 is 6.18 Å². The van der Waals surface area contributed by atoms with E-state index in [1.54, 1.807) is 17.0 Å². The van der Waals surface area contributed by atoms with Crippen molar-refractivity contribution in [2.45, 2.75) is 62.7 Å².